The summed E-state index contributed by atoms with van der Waals surface area (Å²) in [7, 11) is 1.64. The molecule has 1 unspecified atom stereocenters. The first-order chi connectivity index (χ1) is 7.70. The van der Waals surface area contributed by atoms with Crippen molar-refractivity contribution < 1.29 is 4.79 Å². The predicted molar refractivity (Wildman–Crippen MR) is 65.6 cm³/mol. The molecule has 1 fully saturated rings. The van der Waals surface area contributed by atoms with Gasteiger partial charge in [-0.3, -0.25) is 4.79 Å². The quantitative estimate of drug-likeness (QED) is 0.814. The number of nitrogens with one attached hydrogen (secondary N) is 2. The van der Waals surface area contributed by atoms with Crippen molar-refractivity contribution in [3.8, 4) is 0 Å². The van der Waals surface area contributed by atoms with Gasteiger partial charge in [-0.15, -0.1) is 0 Å². The molecule has 0 aromatic heterocycles. The second-order valence-electron chi connectivity index (χ2n) is 4.43. The van der Waals surface area contributed by atoms with Crippen molar-refractivity contribution in [2.45, 2.75) is 25.8 Å². The minimum Gasteiger partial charge on any atom is -0.382 e. The van der Waals surface area contributed by atoms with E-state index < -0.39 is 0 Å². The van der Waals surface area contributed by atoms with Gasteiger partial charge in [-0.25, -0.2) is 0 Å². The molecule has 2 rings (SSSR count). The van der Waals surface area contributed by atoms with Crippen LogP contribution in [0, 0.1) is 5.92 Å². The van der Waals surface area contributed by atoms with Crippen LogP contribution in [0.1, 0.15) is 30.1 Å². The predicted octanol–water partition coefficient (Wildman–Crippen LogP) is 2.26. The van der Waals surface area contributed by atoms with E-state index >= 15 is 0 Å². The molecule has 0 saturated heterocycles. The molecule has 0 bridgehead atoms. The fraction of sp³-hybridized carbons (Fsp3) is 0.462. The van der Waals surface area contributed by atoms with E-state index in [0.29, 0.717) is 11.6 Å². The molecule has 1 aromatic rings. The Labute approximate surface area is 96.2 Å². The van der Waals surface area contributed by atoms with E-state index in [2.05, 4.69) is 17.6 Å². The van der Waals surface area contributed by atoms with Gasteiger partial charge in [-0.1, -0.05) is 0 Å². The second-order valence-corrected chi connectivity index (χ2v) is 4.43. The smallest absolute Gasteiger partial charge is 0.251 e. The van der Waals surface area contributed by atoms with Crippen molar-refractivity contribution in [2.24, 2.45) is 5.92 Å². The summed E-state index contributed by atoms with van der Waals surface area (Å²) in [6.45, 7) is 2.21. The van der Waals surface area contributed by atoms with Gasteiger partial charge >= 0.3 is 0 Å². The van der Waals surface area contributed by atoms with E-state index in [-0.39, 0.29) is 5.91 Å². The Kier molecular flexibility index (Phi) is 3.13. The van der Waals surface area contributed by atoms with Gasteiger partial charge in [-0.2, -0.15) is 0 Å². The largest absolute Gasteiger partial charge is 0.382 e. The number of carbonyl (C=O) groups excluding carboxylic acids is 1. The van der Waals surface area contributed by atoms with Gasteiger partial charge in [0.05, 0.1) is 0 Å². The first-order valence-electron chi connectivity index (χ1n) is 5.79. The maximum atomic E-state index is 11.3. The lowest BCUT2D eigenvalue weighted by atomic mass is 10.1. The zero-order valence-corrected chi connectivity index (χ0v) is 9.79. The van der Waals surface area contributed by atoms with Crippen molar-refractivity contribution in [2.75, 3.05) is 12.4 Å². The minimum atomic E-state index is -0.0400. The van der Waals surface area contributed by atoms with Gasteiger partial charge in [0, 0.05) is 24.3 Å². The molecule has 1 saturated carbocycles. The van der Waals surface area contributed by atoms with Crippen molar-refractivity contribution in [3.05, 3.63) is 29.8 Å². The van der Waals surface area contributed by atoms with Crippen molar-refractivity contribution in [3.63, 3.8) is 0 Å². The van der Waals surface area contributed by atoms with Gasteiger partial charge in [0.1, 0.15) is 0 Å². The highest BCUT2D eigenvalue weighted by Crippen LogP contribution is 2.33. The summed E-state index contributed by atoms with van der Waals surface area (Å²) in [6, 6.07) is 8.15. The molecule has 1 aliphatic rings. The molecule has 1 atom stereocenters. The van der Waals surface area contributed by atoms with Gasteiger partial charge < -0.3 is 10.6 Å². The normalized spacial score (nSPS) is 16.6. The van der Waals surface area contributed by atoms with E-state index in [9.17, 15) is 4.79 Å². The highest BCUT2D eigenvalue weighted by molar-refractivity contribution is 5.94. The third-order valence-corrected chi connectivity index (χ3v) is 3.10. The van der Waals surface area contributed by atoms with Crippen LogP contribution in [-0.2, 0) is 0 Å². The molecule has 1 amide bonds. The third-order valence-electron chi connectivity index (χ3n) is 3.10. The van der Waals surface area contributed by atoms with Gasteiger partial charge in [0.15, 0.2) is 0 Å². The van der Waals surface area contributed by atoms with Gasteiger partial charge in [0.2, 0.25) is 0 Å². The highest BCUT2D eigenvalue weighted by atomic mass is 16.1. The van der Waals surface area contributed by atoms with E-state index in [4.69, 9.17) is 0 Å². The fourth-order valence-electron chi connectivity index (χ4n) is 1.84. The van der Waals surface area contributed by atoms with Crippen molar-refractivity contribution in [1.29, 1.82) is 0 Å². The minimum absolute atomic E-state index is 0.0400. The summed E-state index contributed by atoms with van der Waals surface area (Å²) in [5.41, 5.74) is 1.79. The molecule has 86 valence electrons. The Hall–Kier alpha value is -1.51. The van der Waals surface area contributed by atoms with E-state index in [0.717, 1.165) is 11.6 Å². The van der Waals surface area contributed by atoms with Crippen LogP contribution >= 0.6 is 0 Å². The lowest BCUT2D eigenvalue weighted by Crippen LogP contribution is -2.19. The Morgan fingerprint density at radius 2 is 1.94 bits per heavy atom. The third kappa shape index (κ3) is 2.54. The van der Waals surface area contributed by atoms with E-state index in [1.165, 1.54) is 12.8 Å². The van der Waals surface area contributed by atoms with Crippen LogP contribution in [0.15, 0.2) is 24.3 Å². The molecule has 3 nitrogen and oxygen atoms in total. The summed E-state index contributed by atoms with van der Waals surface area (Å²) in [5, 5.41) is 6.07. The fourth-order valence-corrected chi connectivity index (χ4v) is 1.84. The molecule has 2 N–H and O–H groups in total. The maximum Gasteiger partial charge on any atom is 0.251 e. The SMILES string of the molecule is CNC(=O)c1ccc(NC(C)C2CC2)cc1. The number of hydrogen-bond acceptors (Lipinski definition) is 2. The number of carbonyl (C=O) groups is 1. The molecule has 0 heterocycles. The highest BCUT2D eigenvalue weighted by Gasteiger charge is 2.27. The average molecular weight is 218 g/mol. The summed E-state index contributed by atoms with van der Waals surface area (Å²) in [4.78, 5) is 11.3. The second kappa shape index (κ2) is 4.56. The van der Waals surface area contributed by atoms with Gasteiger partial charge in [0.25, 0.3) is 5.91 Å². The zero-order chi connectivity index (χ0) is 11.5. The van der Waals surface area contributed by atoms with Crippen LogP contribution in [0.3, 0.4) is 0 Å². The summed E-state index contributed by atoms with van der Waals surface area (Å²) in [6.07, 6.45) is 2.68. The Morgan fingerprint density at radius 3 is 2.44 bits per heavy atom. The molecule has 3 heteroatoms. The number of amides is 1. The number of anilines is 1. The standard InChI is InChI=1S/C13H18N2O/c1-9(10-3-4-10)15-12-7-5-11(6-8-12)13(16)14-2/h5-10,15H,3-4H2,1-2H3,(H,14,16). The van der Waals surface area contributed by atoms with Crippen molar-refractivity contribution >= 4 is 11.6 Å². The van der Waals surface area contributed by atoms with Crippen LogP contribution in [0.5, 0.6) is 0 Å². The average Bonchev–Trinajstić information content (AvgIpc) is 3.13. The molecule has 16 heavy (non-hydrogen) atoms. The van der Waals surface area contributed by atoms with Crippen LogP contribution in [0.25, 0.3) is 0 Å². The van der Waals surface area contributed by atoms with Crippen LogP contribution in [0.2, 0.25) is 0 Å². The topological polar surface area (TPSA) is 41.1 Å². The van der Waals surface area contributed by atoms with Gasteiger partial charge in [-0.05, 0) is 49.9 Å². The lowest BCUT2D eigenvalue weighted by Gasteiger charge is -2.14. The maximum absolute atomic E-state index is 11.3. The summed E-state index contributed by atoms with van der Waals surface area (Å²) < 4.78 is 0. The molecule has 1 aliphatic carbocycles. The molecule has 0 radical (unpaired) electrons. The van der Waals surface area contributed by atoms with Crippen LogP contribution < -0.4 is 10.6 Å². The first kappa shape index (κ1) is 11.0. The Morgan fingerprint density at radius 1 is 1.31 bits per heavy atom. The molecular weight excluding hydrogens is 200 g/mol. The monoisotopic (exact) mass is 218 g/mol. The van der Waals surface area contributed by atoms with E-state index in [1.807, 2.05) is 24.3 Å². The Balaban J connectivity index is 1.98. The Bertz CT molecular complexity index is 368. The summed E-state index contributed by atoms with van der Waals surface area (Å²) in [5.74, 6) is 0.792. The van der Waals surface area contributed by atoms with Crippen LogP contribution in [0.4, 0.5) is 5.69 Å². The lowest BCUT2D eigenvalue weighted by molar-refractivity contribution is 0.0963. The van der Waals surface area contributed by atoms with E-state index in [1.54, 1.807) is 7.05 Å². The zero-order valence-electron chi connectivity index (χ0n) is 9.79. The number of rotatable bonds is 4. The van der Waals surface area contributed by atoms with Crippen molar-refractivity contribution in [1.82, 2.24) is 5.32 Å². The summed E-state index contributed by atoms with van der Waals surface area (Å²) >= 11 is 0. The molecule has 1 aromatic carbocycles. The molecular formula is C13H18N2O. The number of hydrogen-bond donors (Lipinski definition) is 2. The number of benzene rings is 1. The molecule has 0 aliphatic heterocycles. The van der Waals surface area contributed by atoms with Crippen LogP contribution in [-0.4, -0.2) is 19.0 Å². The first-order valence-corrected chi connectivity index (χ1v) is 5.79. The molecule has 0 spiro atoms.